The molecule has 0 bridgehead atoms. The van der Waals surface area contributed by atoms with Gasteiger partial charge in [-0.25, -0.2) is 0 Å². The van der Waals surface area contributed by atoms with Crippen molar-refractivity contribution < 1.29 is 14.4 Å². The van der Waals surface area contributed by atoms with Crippen LogP contribution in [0.4, 0.5) is 0 Å². The van der Waals surface area contributed by atoms with Crippen LogP contribution in [0.15, 0.2) is 36.0 Å². The molecule has 0 aliphatic heterocycles. The summed E-state index contributed by atoms with van der Waals surface area (Å²) in [5.41, 5.74) is 6.42. The van der Waals surface area contributed by atoms with E-state index in [9.17, 15) is 14.4 Å². The first kappa shape index (κ1) is 24.1. The Hall–Kier alpha value is -1.86. The summed E-state index contributed by atoms with van der Waals surface area (Å²) >= 11 is 4.04. The van der Waals surface area contributed by atoms with E-state index < -0.39 is 5.25 Å². The highest BCUT2D eigenvalue weighted by atomic mass is 32.1. The standard InChI is InChI=1S/C19H31N3O3S/c1-4-11-22(3)19(25)15(5-2)9-7-6-8-10-18(24)21-13-16(20)12-17(26)14-23/h5,7-10,14,16-17,26H,4,6,11-13,20H2,1-3H3,(H,21,24)/b9-7?,10-8+,15-5+. The van der Waals surface area contributed by atoms with E-state index in [0.717, 1.165) is 12.7 Å². The molecule has 6 nitrogen and oxygen atoms in total. The second-order valence-corrected chi connectivity index (χ2v) is 6.62. The molecular weight excluding hydrogens is 350 g/mol. The summed E-state index contributed by atoms with van der Waals surface area (Å²) in [5, 5.41) is 2.26. The maximum absolute atomic E-state index is 12.2. The minimum atomic E-state index is -0.414. The minimum Gasteiger partial charge on any atom is -0.351 e. The smallest absolute Gasteiger partial charge is 0.253 e. The number of hydrogen-bond acceptors (Lipinski definition) is 5. The minimum absolute atomic E-state index is 0.0147. The summed E-state index contributed by atoms with van der Waals surface area (Å²) in [6.45, 7) is 4.85. The van der Waals surface area contributed by atoms with Crippen molar-refractivity contribution in [3.63, 3.8) is 0 Å². The predicted molar refractivity (Wildman–Crippen MR) is 109 cm³/mol. The lowest BCUT2D eigenvalue weighted by Gasteiger charge is -2.16. The summed E-state index contributed by atoms with van der Waals surface area (Å²) in [6, 6.07) is -0.316. The Balaban J connectivity index is 4.27. The zero-order valence-corrected chi connectivity index (χ0v) is 16.7. The zero-order chi connectivity index (χ0) is 19.9. The molecule has 0 aliphatic rings. The lowest BCUT2D eigenvalue weighted by molar-refractivity contribution is -0.125. The fourth-order valence-electron chi connectivity index (χ4n) is 2.14. The van der Waals surface area contributed by atoms with Crippen LogP contribution in [0.2, 0.25) is 0 Å². The Morgan fingerprint density at radius 2 is 1.92 bits per heavy atom. The topological polar surface area (TPSA) is 92.5 Å². The lowest BCUT2D eigenvalue weighted by Crippen LogP contribution is -2.38. The predicted octanol–water partition coefficient (Wildman–Crippen LogP) is 1.63. The monoisotopic (exact) mass is 381 g/mol. The van der Waals surface area contributed by atoms with Gasteiger partial charge >= 0.3 is 0 Å². The molecule has 0 aliphatic carbocycles. The summed E-state index contributed by atoms with van der Waals surface area (Å²) < 4.78 is 0. The highest BCUT2D eigenvalue weighted by molar-refractivity contribution is 7.81. The van der Waals surface area contributed by atoms with Gasteiger partial charge in [-0.2, -0.15) is 12.6 Å². The Morgan fingerprint density at radius 1 is 1.27 bits per heavy atom. The number of carbonyl (C=O) groups excluding carboxylic acids is 3. The second kappa shape index (κ2) is 14.3. The quantitative estimate of drug-likeness (QED) is 0.207. The number of nitrogens with one attached hydrogen (secondary N) is 1. The molecule has 2 amide bonds. The number of carbonyl (C=O) groups is 3. The van der Waals surface area contributed by atoms with Crippen LogP contribution in [0.25, 0.3) is 0 Å². The molecule has 146 valence electrons. The number of nitrogens with zero attached hydrogens (tertiary/aromatic N) is 1. The lowest BCUT2D eigenvalue weighted by atomic mass is 10.1. The summed E-state index contributed by atoms with van der Waals surface area (Å²) in [6.07, 6.45) is 11.1. The Bertz CT molecular complexity index is 544. The van der Waals surface area contributed by atoms with E-state index in [2.05, 4.69) is 17.9 Å². The number of hydrogen-bond donors (Lipinski definition) is 3. The van der Waals surface area contributed by atoms with Crippen molar-refractivity contribution in [3.05, 3.63) is 36.0 Å². The third-order valence-electron chi connectivity index (χ3n) is 3.54. The first-order valence-corrected chi connectivity index (χ1v) is 9.28. The molecule has 0 fully saturated rings. The van der Waals surface area contributed by atoms with Crippen molar-refractivity contribution in [2.75, 3.05) is 20.1 Å². The Morgan fingerprint density at radius 3 is 2.50 bits per heavy atom. The highest BCUT2D eigenvalue weighted by Crippen LogP contribution is 2.04. The van der Waals surface area contributed by atoms with E-state index in [4.69, 9.17) is 5.73 Å². The molecule has 7 heteroatoms. The van der Waals surface area contributed by atoms with E-state index in [1.807, 2.05) is 19.9 Å². The van der Waals surface area contributed by atoms with Crippen LogP contribution in [0.5, 0.6) is 0 Å². The fourth-order valence-corrected chi connectivity index (χ4v) is 2.41. The molecule has 0 saturated heterocycles. The van der Waals surface area contributed by atoms with Gasteiger partial charge in [0.25, 0.3) is 5.91 Å². The molecule has 2 atom stereocenters. The average molecular weight is 382 g/mol. The van der Waals surface area contributed by atoms with Gasteiger partial charge in [-0.3, -0.25) is 9.59 Å². The maximum atomic E-state index is 12.2. The van der Waals surface area contributed by atoms with Gasteiger partial charge in [0, 0.05) is 31.8 Å². The van der Waals surface area contributed by atoms with E-state index in [1.54, 1.807) is 30.2 Å². The number of nitrogens with two attached hydrogens (primary N) is 1. The average Bonchev–Trinajstić information content (AvgIpc) is 2.62. The molecule has 26 heavy (non-hydrogen) atoms. The van der Waals surface area contributed by atoms with Crippen molar-refractivity contribution in [2.24, 2.45) is 5.73 Å². The van der Waals surface area contributed by atoms with E-state index >= 15 is 0 Å². The van der Waals surface area contributed by atoms with Gasteiger partial charge in [0.2, 0.25) is 5.91 Å². The highest BCUT2D eigenvalue weighted by Gasteiger charge is 2.10. The van der Waals surface area contributed by atoms with Gasteiger partial charge in [0.15, 0.2) is 0 Å². The summed E-state index contributed by atoms with van der Waals surface area (Å²) in [7, 11) is 1.78. The van der Waals surface area contributed by atoms with E-state index in [0.29, 0.717) is 25.0 Å². The molecule has 0 aromatic rings. The zero-order valence-electron chi connectivity index (χ0n) is 15.9. The molecule has 0 aromatic carbocycles. The van der Waals surface area contributed by atoms with Gasteiger partial charge in [0.05, 0.1) is 5.25 Å². The molecule has 0 radical (unpaired) electrons. The van der Waals surface area contributed by atoms with Crippen molar-refractivity contribution >= 4 is 30.7 Å². The van der Waals surface area contributed by atoms with Crippen molar-refractivity contribution in [2.45, 2.75) is 44.4 Å². The molecule has 0 aromatic heterocycles. The largest absolute Gasteiger partial charge is 0.351 e. The molecule has 2 unspecified atom stereocenters. The maximum Gasteiger partial charge on any atom is 0.253 e. The van der Waals surface area contributed by atoms with Crippen molar-refractivity contribution in [3.8, 4) is 0 Å². The van der Waals surface area contributed by atoms with Crippen molar-refractivity contribution in [1.29, 1.82) is 0 Å². The molecular formula is C19H31N3O3S. The number of likely N-dealkylation sites (N-methyl/N-ethyl adjacent to an activating group) is 1. The molecule has 3 N–H and O–H groups in total. The van der Waals surface area contributed by atoms with Gasteiger partial charge in [-0.1, -0.05) is 31.2 Å². The van der Waals surface area contributed by atoms with E-state index in [1.165, 1.54) is 6.08 Å². The SMILES string of the molecule is C/C=C(\C=CC/C=C/C(=O)NCC(N)CC(S)C=O)C(=O)N(C)CCC. The molecule has 0 spiro atoms. The van der Waals surface area contributed by atoms with Crippen LogP contribution >= 0.6 is 12.6 Å². The number of rotatable bonds is 12. The van der Waals surface area contributed by atoms with Crippen LogP contribution in [0.3, 0.4) is 0 Å². The molecule has 0 rings (SSSR count). The van der Waals surface area contributed by atoms with Crippen LogP contribution < -0.4 is 11.1 Å². The normalized spacial score (nSPS) is 14.4. The van der Waals surface area contributed by atoms with Crippen LogP contribution in [0, 0.1) is 0 Å². The number of allylic oxidation sites excluding steroid dienone is 3. The number of thiol groups is 1. The number of aldehydes is 1. The van der Waals surface area contributed by atoms with E-state index in [-0.39, 0.29) is 24.4 Å². The first-order chi connectivity index (χ1) is 12.3. The molecule has 0 saturated carbocycles. The van der Waals surface area contributed by atoms with Crippen LogP contribution in [0.1, 0.15) is 33.1 Å². The summed E-state index contributed by atoms with van der Waals surface area (Å²) in [4.78, 5) is 36.0. The molecule has 0 heterocycles. The van der Waals surface area contributed by atoms with Gasteiger partial charge in [0.1, 0.15) is 6.29 Å². The van der Waals surface area contributed by atoms with Crippen LogP contribution in [-0.4, -0.2) is 54.4 Å². The number of amides is 2. The fraction of sp³-hybridized carbons (Fsp3) is 0.526. The second-order valence-electron chi connectivity index (χ2n) is 5.96. The van der Waals surface area contributed by atoms with Gasteiger partial charge < -0.3 is 20.7 Å². The third-order valence-corrected chi connectivity index (χ3v) is 3.87. The first-order valence-electron chi connectivity index (χ1n) is 8.77. The Kier molecular flexibility index (Phi) is 13.3. The third kappa shape index (κ3) is 10.9. The van der Waals surface area contributed by atoms with Gasteiger partial charge in [-0.15, -0.1) is 0 Å². The van der Waals surface area contributed by atoms with Crippen LogP contribution in [-0.2, 0) is 14.4 Å². The Labute approximate surface area is 162 Å². The van der Waals surface area contributed by atoms with Gasteiger partial charge in [-0.05, 0) is 32.3 Å². The summed E-state index contributed by atoms with van der Waals surface area (Å²) in [5.74, 6) is -0.264. The van der Waals surface area contributed by atoms with Crippen molar-refractivity contribution in [1.82, 2.24) is 10.2 Å².